The maximum atomic E-state index is 9.28. The van der Waals surface area contributed by atoms with Gasteiger partial charge in [0.1, 0.15) is 11.5 Å². The fourth-order valence-electron chi connectivity index (χ4n) is 1.94. The first-order valence-corrected chi connectivity index (χ1v) is 8.96. The second-order valence-electron chi connectivity index (χ2n) is 4.72. The Morgan fingerprint density at radius 3 is 2.67 bits per heavy atom. The summed E-state index contributed by atoms with van der Waals surface area (Å²) in [6, 6.07) is 10.8. The van der Waals surface area contributed by atoms with Crippen LogP contribution in [0.3, 0.4) is 0 Å². The summed E-state index contributed by atoms with van der Waals surface area (Å²) in [5.41, 5.74) is 2.83. The van der Waals surface area contributed by atoms with Gasteiger partial charge in [0.05, 0.1) is 13.2 Å². The number of nitrogens with one attached hydrogen (secondary N) is 1. The molecule has 1 aromatic carbocycles. The first-order valence-electron chi connectivity index (χ1n) is 7.57. The van der Waals surface area contributed by atoms with Gasteiger partial charge >= 0.3 is 0 Å². The molecular weight excluding hydrogens is 326 g/mol. The SMILES string of the molecule is CCOc1ccc(Oc2cc(C(=NCCSC)NO)ccn2)cc1. The van der Waals surface area contributed by atoms with E-state index in [1.165, 1.54) is 0 Å². The van der Waals surface area contributed by atoms with Crippen LogP contribution in [0.2, 0.25) is 0 Å². The molecule has 0 spiro atoms. The van der Waals surface area contributed by atoms with Crippen molar-refractivity contribution in [1.82, 2.24) is 10.5 Å². The van der Waals surface area contributed by atoms with Gasteiger partial charge in [-0.1, -0.05) is 0 Å². The zero-order valence-corrected chi connectivity index (χ0v) is 14.5. The van der Waals surface area contributed by atoms with Crippen LogP contribution in [0.1, 0.15) is 12.5 Å². The number of hydrogen-bond donors (Lipinski definition) is 2. The summed E-state index contributed by atoms with van der Waals surface area (Å²) in [7, 11) is 0. The number of ether oxygens (including phenoxy) is 2. The molecule has 0 aliphatic rings. The Morgan fingerprint density at radius 2 is 2.00 bits per heavy atom. The molecule has 2 rings (SSSR count). The second kappa shape index (κ2) is 9.79. The van der Waals surface area contributed by atoms with Gasteiger partial charge in [-0.15, -0.1) is 0 Å². The number of rotatable bonds is 8. The zero-order chi connectivity index (χ0) is 17.2. The van der Waals surface area contributed by atoms with Crippen molar-refractivity contribution in [3.05, 3.63) is 48.2 Å². The van der Waals surface area contributed by atoms with E-state index in [4.69, 9.17) is 9.47 Å². The van der Waals surface area contributed by atoms with Crippen LogP contribution in [0.25, 0.3) is 0 Å². The summed E-state index contributed by atoms with van der Waals surface area (Å²) in [6.07, 6.45) is 3.62. The summed E-state index contributed by atoms with van der Waals surface area (Å²) < 4.78 is 11.1. The largest absolute Gasteiger partial charge is 0.494 e. The van der Waals surface area contributed by atoms with Gasteiger partial charge < -0.3 is 9.47 Å². The van der Waals surface area contributed by atoms with Crippen molar-refractivity contribution >= 4 is 17.6 Å². The smallest absolute Gasteiger partial charge is 0.219 e. The average Bonchev–Trinajstić information content (AvgIpc) is 2.61. The number of nitrogens with zero attached hydrogens (tertiary/aromatic N) is 2. The highest BCUT2D eigenvalue weighted by Crippen LogP contribution is 2.23. The molecular formula is C17H21N3O3S. The van der Waals surface area contributed by atoms with Crippen molar-refractivity contribution in [1.29, 1.82) is 0 Å². The van der Waals surface area contributed by atoms with Gasteiger partial charge in [0.25, 0.3) is 0 Å². The molecule has 24 heavy (non-hydrogen) atoms. The van der Waals surface area contributed by atoms with Gasteiger partial charge in [-0.3, -0.25) is 15.7 Å². The number of amidine groups is 1. The van der Waals surface area contributed by atoms with Gasteiger partial charge in [0, 0.05) is 23.6 Å². The van der Waals surface area contributed by atoms with E-state index in [2.05, 4.69) is 15.5 Å². The van der Waals surface area contributed by atoms with Crippen LogP contribution in [0.5, 0.6) is 17.4 Å². The number of thioether (sulfide) groups is 1. The molecule has 0 amide bonds. The predicted octanol–water partition coefficient (Wildman–Crippen LogP) is 3.36. The fourth-order valence-corrected chi connectivity index (χ4v) is 2.22. The maximum absolute atomic E-state index is 9.28. The third-order valence-electron chi connectivity index (χ3n) is 3.04. The summed E-state index contributed by atoms with van der Waals surface area (Å²) in [5.74, 6) is 3.14. The summed E-state index contributed by atoms with van der Waals surface area (Å²) in [6.45, 7) is 3.17. The molecule has 2 aromatic rings. The fraction of sp³-hybridized carbons (Fsp3) is 0.294. The monoisotopic (exact) mass is 347 g/mol. The van der Waals surface area contributed by atoms with Crippen molar-refractivity contribution in [2.24, 2.45) is 4.99 Å². The topological polar surface area (TPSA) is 76.0 Å². The van der Waals surface area contributed by atoms with Crippen LogP contribution in [0.4, 0.5) is 0 Å². The minimum absolute atomic E-state index is 0.392. The highest BCUT2D eigenvalue weighted by atomic mass is 32.2. The number of aromatic nitrogens is 1. The lowest BCUT2D eigenvalue weighted by Gasteiger charge is -2.09. The number of aliphatic imine (C=N–C) groups is 1. The Bertz CT molecular complexity index is 662. The van der Waals surface area contributed by atoms with E-state index in [0.29, 0.717) is 36.2 Å². The van der Waals surface area contributed by atoms with Crippen molar-refractivity contribution < 1.29 is 14.7 Å². The minimum Gasteiger partial charge on any atom is -0.494 e. The van der Waals surface area contributed by atoms with E-state index in [0.717, 1.165) is 11.5 Å². The molecule has 0 atom stereocenters. The minimum atomic E-state index is 0.392. The molecule has 6 nitrogen and oxygen atoms in total. The Balaban J connectivity index is 2.10. The van der Waals surface area contributed by atoms with Crippen molar-refractivity contribution in [3.63, 3.8) is 0 Å². The van der Waals surface area contributed by atoms with Crippen LogP contribution < -0.4 is 15.0 Å². The standard InChI is InChI=1S/C17H21N3O3S/c1-3-22-14-4-6-15(7-5-14)23-16-12-13(8-9-18-16)17(20-21)19-10-11-24-2/h4-9,12,21H,3,10-11H2,1-2H3,(H,19,20). The quantitative estimate of drug-likeness (QED) is 0.330. The van der Waals surface area contributed by atoms with E-state index < -0.39 is 0 Å². The molecule has 0 saturated heterocycles. The summed E-state index contributed by atoms with van der Waals surface area (Å²) >= 11 is 1.69. The highest BCUT2D eigenvalue weighted by molar-refractivity contribution is 7.98. The van der Waals surface area contributed by atoms with E-state index in [1.54, 1.807) is 30.1 Å². The van der Waals surface area contributed by atoms with Crippen molar-refractivity contribution in [2.75, 3.05) is 25.2 Å². The van der Waals surface area contributed by atoms with Gasteiger partial charge in [-0.2, -0.15) is 11.8 Å². The zero-order valence-electron chi connectivity index (χ0n) is 13.7. The molecule has 0 bridgehead atoms. The first kappa shape index (κ1) is 18.1. The van der Waals surface area contributed by atoms with E-state index in [1.807, 2.05) is 37.4 Å². The normalized spacial score (nSPS) is 11.2. The van der Waals surface area contributed by atoms with E-state index >= 15 is 0 Å². The maximum Gasteiger partial charge on any atom is 0.219 e. The van der Waals surface area contributed by atoms with Crippen LogP contribution in [-0.4, -0.2) is 41.2 Å². The Labute approximate surface area is 145 Å². The highest BCUT2D eigenvalue weighted by Gasteiger charge is 2.06. The number of hydroxylamine groups is 1. The average molecular weight is 347 g/mol. The van der Waals surface area contributed by atoms with Crippen LogP contribution in [-0.2, 0) is 0 Å². The second-order valence-corrected chi connectivity index (χ2v) is 5.71. The molecule has 1 aromatic heterocycles. The number of hydrogen-bond acceptors (Lipinski definition) is 6. The van der Waals surface area contributed by atoms with Gasteiger partial charge in [-0.05, 0) is 43.5 Å². The Hall–Kier alpha value is -2.25. The third kappa shape index (κ3) is 5.43. The first-order chi connectivity index (χ1) is 11.8. The lowest BCUT2D eigenvalue weighted by atomic mass is 10.2. The van der Waals surface area contributed by atoms with E-state index in [9.17, 15) is 5.21 Å². The van der Waals surface area contributed by atoms with E-state index in [-0.39, 0.29) is 0 Å². The lowest BCUT2D eigenvalue weighted by molar-refractivity contribution is 0.234. The molecule has 0 aliphatic heterocycles. The molecule has 2 N–H and O–H groups in total. The van der Waals surface area contributed by atoms with Gasteiger partial charge in [0.2, 0.25) is 5.88 Å². The molecule has 7 heteroatoms. The summed E-state index contributed by atoms with van der Waals surface area (Å²) in [4.78, 5) is 8.50. The Morgan fingerprint density at radius 1 is 1.25 bits per heavy atom. The third-order valence-corrected chi connectivity index (χ3v) is 3.63. The van der Waals surface area contributed by atoms with Crippen LogP contribution in [0, 0.1) is 0 Å². The number of benzene rings is 1. The van der Waals surface area contributed by atoms with Gasteiger partial charge in [-0.25, -0.2) is 4.98 Å². The lowest BCUT2D eigenvalue weighted by Crippen LogP contribution is -2.21. The molecule has 0 fully saturated rings. The Kier molecular flexibility index (Phi) is 7.38. The molecule has 0 radical (unpaired) electrons. The number of pyridine rings is 1. The predicted molar refractivity (Wildman–Crippen MR) is 96.6 cm³/mol. The molecule has 0 unspecified atom stereocenters. The molecule has 0 aliphatic carbocycles. The van der Waals surface area contributed by atoms with Gasteiger partial charge in [0.15, 0.2) is 5.84 Å². The molecule has 1 heterocycles. The van der Waals surface area contributed by atoms with Crippen LogP contribution in [0.15, 0.2) is 47.6 Å². The summed E-state index contributed by atoms with van der Waals surface area (Å²) in [5, 5.41) is 9.28. The molecule has 128 valence electrons. The van der Waals surface area contributed by atoms with Crippen LogP contribution >= 0.6 is 11.8 Å². The molecule has 0 saturated carbocycles. The van der Waals surface area contributed by atoms with Crippen molar-refractivity contribution in [3.8, 4) is 17.4 Å². The van der Waals surface area contributed by atoms with Crippen molar-refractivity contribution in [2.45, 2.75) is 6.92 Å².